The van der Waals surface area contributed by atoms with Crippen LogP contribution in [0.25, 0.3) is 0 Å². The number of anilines is 1. The van der Waals surface area contributed by atoms with Gasteiger partial charge in [0.2, 0.25) is 5.82 Å². The molecule has 0 aliphatic rings. The third kappa shape index (κ3) is 3.28. The molecule has 0 saturated carbocycles. The Morgan fingerprint density at radius 1 is 1.35 bits per heavy atom. The van der Waals surface area contributed by atoms with Crippen molar-refractivity contribution in [3.05, 3.63) is 47.2 Å². The first-order chi connectivity index (χ1) is 9.60. The van der Waals surface area contributed by atoms with E-state index in [0.29, 0.717) is 18.1 Å². The Bertz CT molecular complexity index is 628. The topological polar surface area (TPSA) is 77.0 Å². The van der Waals surface area contributed by atoms with Crippen molar-refractivity contribution in [2.75, 3.05) is 12.4 Å². The maximum atomic E-state index is 11.5. The van der Waals surface area contributed by atoms with E-state index in [1.54, 1.807) is 25.4 Å². The van der Waals surface area contributed by atoms with E-state index in [0.717, 1.165) is 11.1 Å². The smallest absolute Gasteiger partial charge is 0.376 e. The summed E-state index contributed by atoms with van der Waals surface area (Å²) in [5.41, 5.74) is 2.92. The molecule has 0 fully saturated rings. The Labute approximate surface area is 117 Å². The molecule has 0 spiro atoms. The maximum absolute atomic E-state index is 11.5. The van der Waals surface area contributed by atoms with Crippen molar-refractivity contribution in [2.24, 2.45) is 0 Å². The van der Waals surface area contributed by atoms with Gasteiger partial charge in [-0.25, -0.2) is 14.8 Å². The van der Waals surface area contributed by atoms with E-state index in [4.69, 9.17) is 0 Å². The molecule has 0 atom stereocenters. The Morgan fingerprint density at radius 3 is 2.85 bits per heavy atom. The van der Waals surface area contributed by atoms with E-state index < -0.39 is 5.97 Å². The van der Waals surface area contributed by atoms with Crippen LogP contribution in [0, 0.1) is 13.8 Å². The number of rotatable bonds is 4. The molecule has 0 unspecified atom stereocenters. The number of carbonyl (C=O) groups is 1. The van der Waals surface area contributed by atoms with E-state index in [-0.39, 0.29) is 5.82 Å². The lowest BCUT2D eigenvalue weighted by atomic mass is 10.1. The highest BCUT2D eigenvalue weighted by Crippen LogP contribution is 2.11. The van der Waals surface area contributed by atoms with Crippen LogP contribution in [-0.2, 0) is 11.3 Å². The molecule has 20 heavy (non-hydrogen) atoms. The van der Waals surface area contributed by atoms with Gasteiger partial charge in [0.25, 0.3) is 0 Å². The van der Waals surface area contributed by atoms with Crippen LogP contribution in [0.15, 0.2) is 24.5 Å². The lowest BCUT2D eigenvalue weighted by Crippen LogP contribution is -2.11. The highest BCUT2D eigenvalue weighted by atomic mass is 16.5. The number of carbonyl (C=O) groups excluding carboxylic acids is 1. The summed E-state index contributed by atoms with van der Waals surface area (Å²) >= 11 is 0. The summed E-state index contributed by atoms with van der Waals surface area (Å²) in [7, 11) is 1.31. The molecule has 6 heteroatoms. The van der Waals surface area contributed by atoms with Gasteiger partial charge in [-0.05, 0) is 31.0 Å². The van der Waals surface area contributed by atoms with E-state index >= 15 is 0 Å². The van der Waals surface area contributed by atoms with E-state index in [1.165, 1.54) is 7.11 Å². The zero-order valence-corrected chi connectivity index (χ0v) is 11.7. The summed E-state index contributed by atoms with van der Waals surface area (Å²) in [5.74, 6) is 0.0911. The van der Waals surface area contributed by atoms with Gasteiger partial charge in [-0.3, -0.25) is 4.98 Å². The predicted molar refractivity (Wildman–Crippen MR) is 74.4 cm³/mol. The summed E-state index contributed by atoms with van der Waals surface area (Å²) in [6.45, 7) is 4.40. The number of methoxy groups -OCH3 is 1. The maximum Gasteiger partial charge on any atom is 0.376 e. The average molecular weight is 272 g/mol. The molecule has 0 amide bonds. The number of nitrogens with zero attached hydrogens (tertiary/aromatic N) is 3. The van der Waals surface area contributed by atoms with Crippen LogP contribution in [0.1, 0.15) is 27.4 Å². The molecule has 0 aliphatic carbocycles. The number of pyridine rings is 1. The molecule has 0 aromatic carbocycles. The fourth-order valence-corrected chi connectivity index (χ4v) is 1.71. The van der Waals surface area contributed by atoms with Crippen LogP contribution < -0.4 is 5.32 Å². The summed E-state index contributed by atoms with van der Waals surface area (Å²) in [4.78, 5) is 23.7. The zero-order chi connectivity index (χ0) is 14.5. The van der Waals surface area contributed by atoms with Gasteiger partial charge in [-0.15, -0.1) is 0 Å². The summed E-state index contributed by atoms with van der Waals surface area (Å²) in [6, 6.07) is 3.72. The van der Waals surface area contributed by atoms with Crippen molar-refractivity contribution in [1.82, 2.24) is 15.0 Å². The highest BCUT2D eigenvalue weighted by Gasteiger charge is 2.11. The number of hydrogen-bond donors (Lipinski definition) is 1. The summed E-state index contributed by atoms with van der Waals surface area (Å²) < 4.78 is 4.63. The van der Waals surface area contributed by atoms with Gasteiger partial charge in [0.15, 0.2) is 0 Å². The molecule has 0 saturated heterocycles. The van der Waals surface area contributed by atoms with Gasteiger partial charge < -0.3 is 10.1 Å². The third-order valence-electron chi connectivity index (χ3n) is 2.83. The van der Waals surface area contributed by atoms with Gasteiger partial charge in [-0.1, -0.05) is 0 Å². The first-order valence-corrected chi connectivity index (χ1v) is 6.17. The summed E-state index contributed by atoms with van der Waals surface area (Å²) in [6.07, 6.45) is 3.56. The van der Waals surface area contributed by atoms with Crippen molar-refractivity contribution in [1.29, 1.82) is 0 Å². The third-order valence-corrected chi connectivity index (χ3v) is 2.83. The quantitative estimate of drug-likeness (QED) is 0.856. The first-order valence-electron chi connectivity index (χ1n) is 6.17. The van der Waals surface area contributed by atoms with Crippen LogP contribution in [0.2, 0.25) is 0 Å². The van der Waals surface area contributed by atoms with Gasteiger partial charge in [0.1, 0.15) is 5.82 Å². The number of esters is 1. The monoisotopic (exact) mass is 272 g/mol. The molecule has 0 aliphatic heterocycles. The van der Waals surface area contributed by atoms with Crippen molar-refractivity contribution in [2.45, 2.75) is 20.4 Å². The Balaban J connectivity index is 2.16. The van der Waals surface area contributed by atoms with E-state index in [2.05, 4.69) is 25.0 Å². The van der Waals surface area contributed by atoms with Crippen LogP contribution in [-0.4, -0.2) is 28.0 Å². The summed E-state index contributed by atoms with van der Waals surface area (Å²) in [5, 5.41) is 3.16. The Morgan fingerprint density at radius 2 is 2.15 bits per heavy atom. The normalized spacial score (nSPS) is 10.2. The largest absolute Gasteiger partial charge is 0.463 e. The van der Waals surface area contributed by atoms with Crippen molar-refractivity contribution < 1.29 is 9.53 Å². The fraction of sp³-hybridized carbons (Fsp3) is 0.286. The Kier molecular flexibility index (Phi) is 4.24. The second-order valence-electron chi connectivity index (χ2n) is 4.37. The van der Waals surface area contributed by atoms with Crippen molar-refractivity contribution >= 4 is 11.8 Å². The molecule has 2 aromatic rings. The molecule has 0 radical (unpaired) electrons. The second-order valence-corrected chi connectivity index (χ2v) is 4.37. The van der Waals surface area contributed by atoms with E-state index in [9.17, 15) is 4.79 Å². The first kappa shape index (κ1) is 13.9. The Hall–Kier alpha value is -2.50. The molecule has 104 valence electrons. The van der Waals surface area contributed by atoms with Crippen molar-refractivity contribution in [3.8, 4) is 0 Å². The number of ether oxygens (including phenoxy) is 1. The molecule has 2 heterocycles. The lowest BCUT2D eigenvalue weighted by Gasteiger charge is -2.09. The minimum Gasteiger partial charge on any atom is -0.463 e. The van der Waals surface area contributed by atoms with Gasteiger partial charge in [0, 0.05) is 30.7 Å². The van der Waals surface area contributed by atoms with Crippen LogP contribution in [0.3, 0.4) is 0 Å². The molecular weight excluding hydrogens is 256 g/mol. The number of nitrogens with one attached hydrogen (secondary N) is 1. The molecule has 1 N–H and O–H groups in total. The minimum atomic E-state index is -0.547. The molecule has 0 bridgehead atoms. The molecule has 2 aromatic heterocycles. The number of aromatic nitrogens is 3. The number of aryl methyl sites for hydroxylation is 2. The standard InChI is InChI=1S/C14H16N4O2/c1-9-4-5-15-7-11(9)8-16-12-6-10(2)17-13(18-12)14(19)20-3/h4-7H,8H2,1-3H3,(H,16,17,18). The second kappa shape index (κ2) is 6.10. The zero-order valence-electron chi connectivity index (χ0n) is 11.7. The number of hydrogen-bond acceptors (Lipinski definition) is 6. The van der Waals surface area contributed by atoms with Gasteiger partial charge in [0.05, 0.1) is 7.11 Å². The molecule has 6 nitrogen and oxygen atoms in total. The van der Waals surface area contributed by atoms with Crippen LogP contribution >= 0.6 is 0 Å². The van der Waals surface area contributed by atoms with Crippen molar-refractivity contribution in [3.63, 3.8) is 0 Å². The van der Waals surface area contributed by atoms with Crippen LogP contribution in [0.4, 0.5) is 5.82 Å². The van der Waals surface area contributed by atoms with E-state index in [1.807, 2.05) is 13.0 Å². The molecular formula is C14H16N4O2. The fourth-order valence-electron chi connectivity index (χ4n) is 1.71. The van der Waals surface area contributed by atoms with Crippen LogP contribution in [0.5, 0.6) is 0 Å². The van der Waals surface area contributed by atoms with Gasteiger partial charge in [-0.2, -0.15) is 0 Å². The SMILES string of the molecule is COC(=O)c1nc(C)cc(NCc2cnccc2C)n1. The molecule has 2 rings (SSSR count). The highest BCUT2D eigenvalue weighted by molar-refractivity contribution is 5.85. The average Bonchev–Trinajstić information content (AvgIpc) is 2.45. The lowest BCUT2D eigenvalue weighted by molar-refractivity contribution is 0.0586. The minimum absolute atomic E-state index is 0.0536. The van der Waals surface area contributed by atoms with Gasteiger partial charge >= 0.3 is 5.97 Å². The predicted octanol–water partition coefficient (Wildman–Crippen LogP) is 1.89.